The van der Waals surface area contributed by atoms with Crippen LogP contribution in [-0.4, -0.2) is 42.5 Å². The highest BCUT2D eigenvalue weighted by molar-refractivity contribution is 7.89. The van der Waals surface area contributed by atoms with Gasteiger partial charge >= 0.3 is 0 Å². The van der Waals surface area contributed by atoms with E-state index < -0.39 is 10.0 Å². The molecule has 0 aliphatic carbocycles. The first-order valence-electron chi connectivity index (χ1n) is 5.32. The lowest BCUT2D eigenvalue weighted by Gasteiger charge is -2.20. The highest BCUT2D eigenvalue weighted by Gasteiger charge is 2.23. The minimum Gasteiger partial charge on any atom is -0.395 e. The number of H-pyrrole nitrogens is 1. The Hall–Kier alpha value is -1.18. The number of nitrogens with one attached hydrogen (secondary N) is 1. The Labute approximate surface area is 100.0 Å². The number of aromatic amines is 1. The summed E-state index contributed by atoms with van der Waals surface area (Å²) in [4.78, 5) is 13.2. The van der Waals surface area contributed by atoms with Crippen LogP contribution in [0, 0.1) is 0 Å². The van der Waals surface area contributed by atoms with Crippen molar-refractivity contribution in [1.82, 2.24) is 9.29 Å². The summed E-state index contributed by atoms with van der Waals surface area (Å²) < 4.78 is 25.4. The van der Waals surface area contributed by atoms with Crippen LogP contribution in [0.3, 0.4) is 0 Å². The fourth-order valence-electron chi connectivity index (χ4n) is 1.42. The first kappa shape index (κ1) is 13.9. The molecule has 1 aromatic rings. The predicted molar refractivity (Wildman–Crippen MR) is 63.2 cm³/mol. The standard InChI is InChI=1S/C10H16N2O4S/c1-2-5-12(6-7-13)17(15,16)9-3-4-10(14)11-8-9/h3-4,8,13H,2,5-7H2,1H3,(H,11,14). The van der Waals surface area contributed by atoms with Gasteiger partial charge in [-0.15, -0.1) is 0 Å². The van der Waals surface area contributed by atoms with Crippen LogP contribution in [0.15, 0.2) is 28.0 Å². The normalized spacial score (nSPS) is 11.9. The van der Waals surface area contributed by atoms with Crippen molar-refractivity contribution in [2.75, 3.05) is 19.7 Å². The minimum absolute atomic E-state index is 0.0269. The number of hydrogen-bond donors (Lipinski definition) is 2. The van der Waals surface area contributed by atoms with Gasteiger partial charge in [0.2, 0.25) is 15.6 Å². The van der Waals surface area contributed by atoms with E-state index in [4.69, 9.17) is 5.11 Å². The van der Waals surface area contributed by atoms with Crippen LogP contribution in [0.2, 0.25) is 0 Å². The summed E-state index contributed by atoms with van der Waals surface area (Å²) >= 11 is 0. The largest absolute Gasteiger partial charge is 0.395 e. The molecule has 0 unspecified atom stereocenters. The highest BCUT2D eigenvalue weighted by atomic mass is 32.2. The molecule has 6 nitrogen and oxygen atoms in total. The molecule has 1 rings (SSSR count). The molecule has 0 saturated carbocycles. The van der Waals surface area contributed by atoms with Gasteiger partial charge in [0.05, 0.1) is 11.5 Å². The van der Waals surface area contributed by atoms with Gasteiger partial charge in [-0.2, -0.15) is 4.31 Å². The smallest absolute Gasteiger partial charge is 0.247 e. The van der Waals surface area contributed by atoms with Crippen molar-refractivity contribution in [3.63, 3.8) is 0 Å². The molecule has 2 N–H and O–H groups in total. The molecule has 7 heteroatoms. The summed E-state index contributed by atoms with van der Waals surface area (Å²) in [6, 6.07) is 2.42. The topological polar surface area (TPSA) is 90.5 Å². The summed E-state index contributed by atoms with van der Waals surface area (Å²) in [5, 5.41) is 8.85. The van der Waals surface area contributed by atoms with Crippen LogP contribution in [-0.2, 0) is 10.0 Å². The molecule has 0 aliphatic rings. The monoisotopic (exact) mass is 260 g/mol. The number of sulfonamides is 1. The molecule has 0 atom stereocenters. The van der Waals surface area contributed by atoms with E-state index in [0.717, 1.165) is 12.3 Å². The Kier molecular flexibility index (Phi) is 4.86. The van der Waals surface area contributed by atoms with Crippen molar-refractivity contribution >= 4 is 10.0 Å². The molecule has 1 aromatic heterocycles. The zero-order chi connectivity index (χ0) is 12.9. The molecule has 0 bridgehead atoms. The van der Waals surface area contributed by atoms with Crippen LogP contribution in [0.1, 0.15) is 13.3 Å². The van der Waals surface area contributed by atoms with Crippen LogP contribution in [0.25, 0.3) is 0 Å². The van der Waals surface area contributed by atoms with Crippen molar-refractivity contribution in [3.8, 4) is 0 Å². The third kappa shape index (κ3) is 3.39. The second kappa shape index (κ2) is 5.95. The molecular weight excluding hydrogens is 244 g/mol. The Morgan fingerprint density at radius 1 is 1.35 bits per heavy atom. The van der Waals surface area contributed by atoms with Crippen LogP contribution < -0.4 is 5.56 Å². The molecule has 1 heterocycles. The molecule has 17 heavy (non-hydrogen) atoms. The van der Waals surface area contributed by atoms with E-state index in [-0.39, 0.29) is 23.6 Å². The third-order valence-corrected chi connectivity index (χ3v) is 4.11. The lowest BCUT2D eigenvalue weighted by Crippen LogP contribution is -2.34. The van der Waals surface area contributed by atoms with E-state index in [1.807, 2.05) is 6.92 Å². The van der Waals surface area contributed by atoms with E-state index in [9.17, 15) is 13.2 Å². The van der Waals surface area contributed by atoms with Gasteiger partial charge in [-0.05, 0) is 12.5 Å². The molecule has 96 valence electrons. The molecule has 0 amide bonds. The number of pyridine rings is 1. The maximum Gasteiger partial charge on any atom is 0.247 e. The van der Waals surface area contributed by atoms with E-state index >= 15 is 0 Å². The molecule has 0 spiro atoms. The Morgan fingerprint density at radius 3 is 2.53 bits per heavy atom. The second-order valence-corrected chi connectivity index (χ2v) is 5.45. The molecule has 0 saturated heterocycles. The lowest BCUT2D eigenvalue weighted by molar-refractivity contribution is 0.253. The Balaban J connectivity index is 3.06. The van der Waals surface area contributed by atoms with Crippen LogP contribution in [0.4, 0.5) is 0 Å². The predicted octanol–water partition coefficient (Wildman–Crippen LogP) is -0.232. The highest BCUT2D eigenvalue weighted by Crippen LogP contribution is 2.13. The zero-order valence-electron chi connectivity index (χ0n) is 9.59. The van der Waals surface area contributed by atoms with E-state index in [1.54, 1.807) is 0 Å². The van der Waals surface area contributed by atoms with E-state index in [2.05, 4.69) is 4.98 Å². The van der Waals surface area contributed by atoms with Crippen molar-refractivity contribution in [3.05, 3.63) is 28.7 Å². The molecular formula is C10H16N2O4S. The maximum absolute atomic E-state index is 12.1. The number of rotatable bonds is 6. The summed E-state index contributed by atoms with van der Waals surface area (Å²) in [7, 11) is -3.64. The van der Waals surface area contributed by atoms with Gasteiger partial charge in [-0.1, -0.05) is 6.92 Å². The van der Waals surface area contributed by atoms with Gasteiger partial charge in [-0.3, -0.25) is 4.79 Å². The molecule has 0 aliphatic heterocycles. The van der Waals surface area contributed by atoms with Crippen molar-refractivity contribution in [2.24, 2.45) is 0 Å². The van der Waals surface area contributed by atoms with Gasteiger partial charge in [0, 0.05) is 25.4 Å². The molecule has 0 fully saturated rings. The molecule has 0 radical (unpaired) electrons. The summed E-state index contributed by atoms with van der Waals surface area (Å²) in [6.07, 6.45) is 1.82. The van der Waals surface area contributed by atoms with Gasteiger partial charge < -0.3 is 10.1 Å². The maximum atomic E-state index is 12.1. The number of aromatic nitrogens is 1. The average Bonchev–Trinajstić information content (AvgIpc) is 2.29. The summed E-state index contributed by atoms with van der Waals surface area (Å²) in [6.45, 7) is 2.01. The Bertz CT molecular complexity index is 483. The number of nitrogens with zero attached hydrogens (tertiary/aromatic N) is 1. The van der Waals surface area contributed by atoms with Gasteiger partial charge in [-0.25, -0.2) is 8.42 Å². The SMILES string of the molecule is CCCN(CCO)S(=O)(=O)c1ccc(=O)[nH]c1. The van der Waals surface area contributed by atoms with Crippen molar-refractivity contribution < 1.29 is 13.5 Å². The van der Waals surface area contributed by atoms with E-state index in [0.29, 0.717) is 13.0 Å². The Morgan fingerprint density at radius 2 is 2.06 bits per heavy atom. The van der Waals surface area contributed by atoms with Crippen LogP contribution in [0.5, 0.6) is 0 Å². The zero-order valence-corrected chi connectivity index (χ0v) is 10.4. The van der Waals surface area contributed by atoms with Gasteiger partial charge in [0.25, 0.3) is 0 Å². The quantitative estimate of drug-likeness (QED) is 0.739. The fourth-order valence-corrected chi connectivity index (χ4v) is 2.91. The molecule has 0 aromatic carbocycles. The van der Waals surface area contributed by atoms with Crippen molar-refractivity contribution in [1.29, 1.82) is 0 Å². The number of aliphatic hydroxyl groups is 1. The van der Waals surface area contributed by atoms with Gasteiger partial charge in [0.1, 0.15) is 0 Å². The second-order valence-electron chi connectivity index (χ2n) is 3.52. The average molecular weight is 260 g/mol. The van der Waals surface area contributed by atoms with Crippen molar-refractivity contribution in [2.45, 2.75) is 18.2 Å². The van der Waals surface area contributed by atoms with Crippen LogP contribution >= 0.6 is 0 Å². The lowest BCUT2D eigenvalue weighted by atomic mass is 10.5. The summed E-state index contributed by atoms with van der Waals surface area (Å²) in [5.41, 5.74) is -0.354. The third-order valence-electron chi connectivity index (χ3n) is 2.22. The number of hydrogen-bond acceptors (Lipinski definition) is 4. The first-order valence-corrected chi connectivity index (χ1v) is 6.76. The first-order chi connectivity index (χ1) is 8.02. The van der Waals surface area contributed by atoms with E-state index in [1.165, 1.54) is 10.4 Å². The fraction of sp³-hybridized carbons (Fsp3) is 0.500. The van der Waals surface area contributed by atoms with Gasteiger partial charge in [0.15, 0.2) is 0 Å². The minimum atomic E-state index is -3.64. The summed E-state index contributed by atoms with van der Waals surface area (Å²) in [5.74, 6) is 0. The number of aliphatic hydroxyl groups excluding tert-OH is 1.